The molecule has 0 radical (unpaired) electrons. The number of amides is 1. The average Bonchev–Trinajstić information content (AvgIpc) is 2.29. The Hall–Kier alpha value is -1.70. The minimum Gasteiger partial charge on any atom is -0.368 e. The van der Waals surface area contributed by atoms with Gasteiger partial charge in [-0.25, -0.2) is 8.78 Å². The van der Waals surface area contributed by atoms with Crippen LogP contribution >= 0.6 is 0 Å². The number of nitrogens with one attached hydrogen (secondary N) is 1. The summed E-state index contributed by atoms with van der Waals surface area (Å²) < 4.78 is 63.9. The van der Waals surface area contributed by atoms with E-state index in [0.717, 1.165) is 13.0 Å². The van der Waals surface area contributed by atoms with Crippen LogP contribution in [0.1, 0.15) is 18.1 Å². The Morgan fingerprint density at radius 3 is 2.25 bits per heavy atom. The lowest BCUT2D eigenvalue weighted by Gasteiger charge is -2.29. The lowest BCUT2D eigenvalue weighted by Crippen LogP contribution is -2.53. The first kappa shape index (κ1) is 16.4. The van der Waals surface area contributed by atoms with Gasteiger partial charge >= 0.3 is 6.18 Å². The van der Waals surface area contributed by atoms with E-state index in [1.807, 2.05) is 5.32 Å². The highest BCUT2D eigenvalue weighted by atomic mass is 19.4. The average molecular weight is 296 g/mol. The van der Waals surface area contributed by atoms with Gasteiger partial charge in [0.25, 0.3) is 0 Å². The molecule has 1 atom stereocenters. The van der Waals surface area contributed by atoms with Gasteiger partial charge in [-0.05, 0) is 31.5 Å². The minimum absolute atomic E-state index is 0.0334. The molecule has 1 aromatic rings. The van der Waals surface area contributed by atoms with Gasteiger partial charge in [0.1, 0.15) is 17.2 Å². The molecule has 0 aliphatic carbocycles. The molecular weight excluding hydrogens is 283 g/mol. The van der Waals surface area contributed by atoms with Crippen LogP contribution in [0.4, 0.5) is 22.0 Å². The van der Waals surface area contributed by atoms with Crippen molar-refractivity contribution in [2.24, 2.45) is 5.73 Å². The quantitative estimate of drug-likeness (QED) is 0.836. The minimum atomic E-state index is -4.63. The van der Waals surface area contributed by atoms with Crippen molar-refractivity contribution in [1.29, 1.82) is 0 Å². The predicted octanol–water partition coefficient (Wildman–Crippen LogP) is 2.13. The third kappa shape index (κ3) is 3.44. The fourth-order valence-corrected chi connectivity index (χ4v) is 1.62. The molecule has 0 aliphatic rings. The molecule has 0 saturated carbocycles. The highest BCUT2D eigenvalue weighted by Gasteiger charge is 2.40. The zero-order valence-electron chi connectivity index (χ0n) is 10.7. The SMILES string of the molecule is Cc1cc(F)c(C(C)(NCC(F)(F)F)C(N)=O)cc1F. The van der Waals surface area contributed by atoms with Crippen LogP contribution in [0.15, 0.2) is 12.1 Å². The molecule has 3 N–H and O–H groups in total. The van der Waals surface area contributed by atoms with Gasteiger partial charge in [0.05, 0.1) is 6.54 Å². The Balaban J connectivity index is 3.26. The van der Waals surface area contributed by atoms with E-state index in [1.54, 1.807) is 0 Å². The van der Waals surface area contributed by atoms with E-state index in [4.69, 9.17) is 5.73 Å². The standard InChI is InChI=1S/C12H13F5N2O/c1-6-3-9(14)7(4-8(6)13)11(2,10(18)20)19-5-12(15,16)17/h3-4,19H,5H2,1-2H3,(H2,18,20). The third-order valence-electron chi connectivity index (χ3n) is 2.92. The van der Waals surface area contributed by atoms with E-state index < -0.39 is 41.4 Å². The van der Waals surface area contributed by atoms with Crippen molar-refractivity contribution >= 4 is 5.91 Å². The summed E-state index contributed by atoms with van der Waals surface area (Å²) in [5.41, 5.74) is 2.25. The van der Waals surface area contributed by atoms with Gasteiger partial charge in [0.2, 0.25) is 5.91 Å². The molecule has 1 unspecified atom stereocenters. The zero-order chi connectivity index (χ0) is 15.7. The number of alkyl halides is 3. The Labute approximate surface area is 112 Å². The lowest BCUT2D eigenvalue weighted by molar-refractivity contribution is -0.136. The van der Waals surface area contributed by atoms with E-state index in [1.165, 1.54) is 6.92 Å². The molecule has 8 heteroatoms. The number of primary amides is 1. The lowest BCUT2D eigenvalue weighted by atomic mass is 9.89. The van der Waals surface area contributed by atoms with Crippen molar-refractivity contribution in [3.8, 4) is 0 Å². The Morgan fingerprint density at radius 2 is 1.80 bits per heavy atom. The molecule has 0 saturated heterocycles. The molecule has 3 nitrogen and oxygen atoms in total. The number of carbonyl (C=O) groups is 1. The van der Waals surface area contributed by atoms with Crippen LogP contribution in [0.25, 0.3) is 0 Å². The molecule has 20 heavy (non-hydrogen) atoms. The zero-order valence-corrected chi connectivity index (χ0v) is 10.7. The van der Waals surface area contributed by atoms with E-state index >= 15 is 0 Å². The number of hydrogen-bond acceptors (Lipinski definition) is 2. The van der Waals surface area contributed by atoms with Crippen LogP contribution in [0.2, 0.25) is 0 Å². The van der Waals surface area contributed by atoms with Gasteiger partial charge in [0, 0.05) is 5.56 Å². The van der Waals surface area contributed by atoms with Gasteiger partial charge in [0.15, 0.2) is 0 Å². The first-order valence-corrected chi connectivity index (χ1v) is 5.55. The summed E-state index contributed by atoms with van der Waals surface area (Å²) >= 11 is 0. The number of nitrogens with two attached hydrogens (primary N) is 1. The first-order chi connectivity index (χ1) is 8.97. The summed E-state index contributed by atoms with van der Waals surface area (Å²) in [7, 11) is 0. The van der Waals surface area contributed by atoms with Crippen LogP contribution < -0.4 is 11.1 Å². The van der Waals surface area contributed by atoms with Crippen molar-refractivity contribution in [2.45, 2.75) is 25.6 Å². The van der Waals surface area contributed by atoms with Crippen LogP contribution in [-0.4, -0.2) is 18.6 Å². The maximum atomic E-state index is 13.8. The highest BCUT2D eigenvalue weighted by Crippen LogP contribution is 2.27. The van der Waals surface area contributed by atoms with E-state index in [-0.39, 0.29) is 5.56 Å². The topological polar surface area (TPSA) is 55.1 Å². The van der Waals surface area contributed by atoms with Crippen molar-refractivity contribution in [3.05, 3.63) is 34.9 Å². The van der Waals surface area contributed by atoms with Crippen LogP contribution in [-0.2, 0) is 10.3 Å². The summed E-state index contributed by atoms with van der Waals surface area (Å²) in [6, 6.07) is 1.46. The monoisotopic (exact) mass is 296 g/mol. The Bertz CT molecular complexity index is 529. The fourth-order valence-electron chi connectivity index (χ4n) is 1.62. The van der Waals surface area contributed by atoms with Gasteiger partial charge in [-0.3, -0.25) is 10.1 Å². The molecular formula is C12H13F5N2O. The number of carbonyl (C=O) groups excluding carboxylic acids is 1. The molecule has 1 amide bonds. The summed E-state index contributed by atoms with van der Waals surface area (Å²) in [6.07, 6.45) is -4.63. The normalized spacial score (nSPS) is 14.9. The molecule has 0 fully saturated rings. The van der Waals surface area contributed by atoms with Gasteiger partial charge in [-0.2, -0.15) is 13.2 Å². The molecule has 112 valence electrons. The molecule has 1 rings (SSSR count). The second-order valence-corrected chi connectivity index (χ2v) is 4.54. The Kier molecular flexibility index (Phi) is 4.38. The summed E-state index contributed by atoms with van der Waals surface area (Å²) in [5.74, 6) is -3.11. The summed E-state index contributed by atoms with van der Waals surface area (Å²) in [5, 5.41) is 1.83. The number of benzene rings is 1. The predicted molar refractivity (Wildman–Crippen MR) is 61.7 cm³/mol. The second kappa shape index (κ2) is 5.35. The largest absolute Gasteiger partial charge is 0.401 e. The van der Waals surface area contributed by atoms with Crippen molar-refractivity contribution in [2.75, 3.05) is 6.54 Å². The number of aryl methyl sites for hydroxylation is 1. The maximum absolute atomic E-state index is 13.8. The van der Waals surface area contributed by atoms with Gasteiger partial charge < -0.3 is 5.73 Å². The fraction of sp³-hybridized carbons (Fsp3) is 0.417. The molecule has 0 heterocycles. The third-order valence-corrected chi connectivity index (χ3v) is 2.92. The molecule has 1 aromatic carbocycles. The molecule has 0 bridgehead atoms. The van der Waals surface area contributed by atoms with Crippen molar-refractivity contribution in [1.82, 2.24) is 5.32 Å². The van der Waals surface area contributed by atoms with E-state index in [0.29, 0.717) is 6.07 Å². The Morgan fingerprint density at radius 1 is 1.25 bits per heavy atom. The van der Waals surface area contributed by atoms with Gasteiger partial charge in [-0.15, -0.1) is 0 Å². The smallest absolute Gasteiger partial charge is 0.368 e. The molecule has 0 aromatic heterocycles. The number of rotatable bonds is 4. The van der Waals surface area contributed by atoms with Crippen molar-refractivity contribution in [3.63, 3.8) is 0 Å². The molecule has 0 aliphatic heterocycles. The second-order valence-electron chi connectivity index (χ2n) is 4.54. The number of halogens is 5. The maximum Gasteiger partial charge on any atom is 0.401 e. The van der Waals surface area contributed by atoms with Crippen LogP contribution in [0.5, 0.6) is 0 Å². The van der Waals surface area contributed by atoms with Crippen LogP contribution in [0.3, 0.4) is 0 Å². The summed E-state index contributed by atoms with van der Waals surface area (Å²) in [6.45, 7) is 0.683. The van der Waals surface area contributed by atoms with E-state index in [2.05, 4.69) is 0 Å². The van der Waals surface area contributed by atoms with Crippen LogP contribution in [0, 0.1) is 18.6 Å². The van der Waals surface area contributed by atoms with E-state index in [9.17, 15) is 26.7 Å². The van der Waals surface area contributed by atoms with Gasteiger partial charge in [-0.1, -0.05) is 0 Å². The first-order valence-electron chi connectivity index (χ1n) is 5.55. The van der Waals surface area contributed by atoms with Crippen molar-refractivity contribution < 1.29 is 26.7 Å². The highest BCUT2D eigenvalue weighted by molar-refractivity contribution is 5.85. The number of hydrogen-bond donors (Lipinski definition) is 2. The summed E-state index contributed by atoms with van der Waals surface area (Å²) in [4.78, 5) is 11.4. The molecule has 0 spiro atoms.